The van der Waals surface area contributed by atoms with Gasteiger partial charge in [0, 0.05) is 43.9 Å². The Morgan fingerprint density at radius 1 is 1.14 bits per heavy atom. The lowest BCUT2D eigenvalue weighted by molar-refractivity contribution is -0.384. The Kier molecular flexibility index (Phi) is 7.89. The molecule has 0 aliphatic carbocycles. The van der Waals surface area contributed by atoms with Crippen LogP contribution in [0.1, 0.15) is 36.6 Å². The third-order valence-corrected chi connectivity index (χ3v) is 6.53. The van der Waals surface area contributed by atoms with Crippen molar-refractivity contribution in [3.05, 3.63) is 74.8 Å². The zero-order chi connectivity index (χ0) is 26.7. The molecule has 37 heavy (non-hydrogen) atoms. The summed E-state index contributed by atoms with van der Waals surface area (Å²) in [6, 6.07) is 9.91. The van der Waals surface area contributed by atoms with Crippen molar-refractivity contribution >= 4 is 23.1 Å². The second kappa shape index (κ2) is 11.1. The zero-order valence-electron chi connectivity index (χ0n) is 21.2. The number of likely N-dealkylation sites (tertiary alicyclic amines) is 1. The first-order valence-corrected chi connectivity index (χ1v) is 12.3. The van der Waals surface area contributed by atoms with Gasteiger partial charge in [-0.2, -0.15) is 0 Å². The maximum absolute atomic E-state index is 13.3. The second-order valence-electron chi connectivity index (χ2n) is 9.44. The van der Waals surface area contributed by atoms with Gasteiger partial charge < -0.3 is 19.5 Å². The SMILES string of the molecule is Cc1cc(/C(O)=C2\C(=O)C(=O)N(CCN3CCOCC3)[C@H]2c2ccc([N+](=O)[O-])cc2)ccc1OC(C)C. The molecule has 2 aliphatic heterocycles. The van der Waals surface area contributed by atoms with Gasteiger partial charge in [0.2, 0.25) is 0 Å². The Bertz CT molecular complexity index is 1220. The number of ether oxygens (including phenoxy) is 2. The number of non-ortho nitro benzene ring substituents is 1. The molecule has 0 radical (unpaired) electrons. The number of carbonyl (C=O) groups excluding carboxylic acids is 2. The second-order valence-corrected chi connectivity index (χ2v) is 9.44. The first kappa shape index (κ1) is 26.3. The number of carbonyl (C=O) groups is 2. The molecule has 2 fully saturated rings. The highest BCUT2D eigenvalue weighted by Gasteiger charge is 2.46. The van der Waals surface area contributed by atoms with Crippen LogP contribution in [0.3, 0.4) is 0 Å². The van der Waals surface area contributed by atoms with Gasteiger partial charge in [0.25, 0.3) is 17.4 Å². The topological polar surface area (TPSA) is 122 Å². The molecule has 196 valence electrons. The van der Waals surface area contributed by atoms with Gasteiger partial charge in [0.15, 0.2) is 0 Å². The number of nitrogens with zero attached hydrogens (tertiary/aromatic N) is 3. The van der Waals surface area contributed by atoms with Crippen molar-refractivity contribution in [3.8, 4) is 5.75 Å². The maximum Gasteiger partial charge on any atom is 0.295 e. The van der Waals surface area contributed by atoms with Crippen molar-refractivity contribution in [2.24, 2.45) is 0 Å². The number of rotatable bonds is 8. The first-order valence-electron chi connectivity index (χ1n) is 12.3. The van der Waals surface area contributed by atoms with E-state index < -0.39 is 22.7 Å². The van der Waals surface area contributed by atoms with E-state index in [1.165, 1.54) is 29.2 Å². The normalized spacial score (nSPS) is 20.0. The van der Waals surface area contributed by atoms with Crippen LogP contribution in [0.2, 0.25) is 0 Å². The molecule has 10 nitrogen and oxygen atoms in total. The molecule has 0 unspecified atom stereocenters. The van der Waals surface area contributed by atoms with Crippen LogP contribution in [0.15, 0.2) is 48.0 Å². The standard InChI is InChI=1S/C27H31N3O7/c1-17(2)37-22-9-6-20(16-18(22)3)25(31)23-24(19-4-7-21(8-5-19)30(34)35)29(27(33)26(23)32)11-10-28-12-14-36-15-13-28/h4-9,16-17,24,31H,10-15H2,1-3H3/b25-23+/t24-/m0/s1. The fourth-order valence-corrected chi connectivity index (χ4v) is 4.65. The third-order valence-electron chi connectivity index (χ3n) is 6.53. The molecule has 1 atom stereocenters. The molecule has 0 spiro atoms. The Balaban J connectivity index is 1.74. The van der Waals surface area contributed by atoms with E-state index in [9.17, 15) is 24.8 Å². The van der Waals surface area contributed by atoms with E-state index >= 15 is 0 Å². The van der Waals surface area contributed by atoms with Crippen LogP contribution in [-0.2, 0) is 14.3 Å². The Morgan fingerprint density at radius 3 is 2.41 bits per heavy atom. The van der Waals surface area contributed by atoms with Crippen LogP contribution in [0.5, 0.6) is 5.75 Å². The van der Waals surface area contributed by atoms with Crippen LogP contribution in [0, 0.1) is 17.0 Å². The zero-order valence-corrected chi connectivity index (χ0v) is 21.2. The van der Waals surface area contributed by atoms with E-state index in [1.54, 1.807) is 18.2 Å². The van der Waals surface area contributed by atoms with Crippen LogP contribution >= 0.6 is 0 Å². The van der Waals surface area contributed by atoms with E-state index in [-0.39, 0.29) is 29.7 Å². The summed E-state index contributed by atoms with van der Waals surface area (Å²) in [5, 5.41) is 22.5. The van der Waals surface area contributed by atoms with Crippen molar-refractivity contribution in [2.45, 2.75) is 32.9 Å². The summed E-state index contributed by atoms with van der Waals surface area (Å²) in [4.78, 5) is 40.7. The average molecular weight is 510 g/mol. The molecule has 2 aromatic rings. The summed E-state index contributed by atoms with van der Waals surface area (Å²) in [6.45, 7) is 9.08. The number of aliphatic hydroxyl groups is 1. The van der Waals surface area contributed by atoms with Crippen LogP contribution in [0.25, 0.3) is 5.76 Å². The van der Waals surface area contributed by atoms with Crippen molar-refractivity contribution in [3.63, 3.8) is 0 Å². The largest absolute Gasteiger partial charge is 0.507 e. The summed E-state index contributed by atoms with van der Waals surface area (Å²) in [5.74, 6) is -1.14. The predicted molar refractivity (Wildman–Crippen MR) is 136 cm³/mol. The van der Waals surface area contributed by atoms with Gasteiger partial charge in [-0.05, 0) is 62.2 Å². The Labute approximate surface area is 215 Å². The number of nitro benzene ring substituents is 1. The summed E-state index contributed by atoms with van der Waals surface area (Å²) in [6.07, 6.45) is -0.0305. The molecule has 2 saturated heterocycles. The number of aliphatic hydroxyl groups excluding tert-OH is 1. The summed E-state index contributed by atoms with van der Waals surface area (Å²) < 4.78 is 11.2. The minimum Gasteiger partial charge on any atom is -0.507 e. The highest BCUT2D eigenvalue weighted by Crippen LogP contribution is 2.40. The predicted octanol–water partition coefficient (Wildman–Crippen LogP) is 3.44. The molecule has 0 aromatic heterocycles. The van der Waals surface area contributed by atoms with E-state index in [1.807, 2.05) is 20.8 Å². The molecule has 1 N–H and O–H groups in total. The molecule has 1 amide bonds. The van der Waals surface area contributed by atoms with E-state index in [4.69, 9.17) is 9.47 Å². The van der Waals surface area contributed by atoms with Gasteiger partial charge in [-0.1, -0.05) is 0 Å². The number of hydrogen-bond donors (Lipinski definition) is 1. The molecular formula is C27H31N3O7. The van der Waals surface area contributed by atoms with Gasteiger partial charge in [-0.15, -0.1) is 0 Å². The maximum atomic E-state index is 13.3. The highest BCUT2D eigenvalue weighted by molar-refractivity contribution is 6.46. The summed E-state index contributed by atoms with van der Waals surface area (Å²) >= 11 is 0. The Morgan fingerprint density at radius 2 is 1.81 bits per heavy atom. The minimum atomic E-state index is -0.881. The minimum absolute atomic E-state index is 0.0305. The number of amides is 1. The van der Waals surface area contributed by atoms with Crippen LogP contribution in [0.4, 0.5) is 5.69 Å². The van der Waals surface area contributed by atoms with Gasteiger partial charge in [0.1, 0.15) is 11.5 Å². The van der Waals surface area contributed by atoms with E-state index in [0.717, 1.165) is 18.7 Å². The molecule has 0 bridgehead atoms. The van der Waals surface area contributed by atoms with E-state index in [2.05, 4.69) is 4.90 Å². The van der Waals surface area contributed by atoms with Gasteiger partial charge in [-0.3, -0.25) is 24.6 Å². The number of aryl methyl sites for hydroxylation is 1. The smallest absolute Gasteiger partial charge is 0.295 e. The third kappa shape index (κ3) is 5.65. The van der Waals surface area contributed by atoms with Crippen molar-refractivity contribution in [2.75, 3.05) is 39.4 Å². The number of benzene rings is 2. The van der Waals surface area contributed by atoms with Crippen LogP contribution in [-0.4, -0.2) is 77.0 Å². The molecule has 2 heterocycles. The first-order chi connectivity index (χ1) is 17.7. The number of morpholine rings is 1. The monoisotopic (exact) mass is 509 g/mol. The molecule has 4 rings (SSSR count). The molecule has 0 saturated carbocycles. The fourth-order valence-electron chi connectivity index (χ4n) is 4.65. The van der Waals surface area contributed by atoms with Crippen molar-refractivity contribution in [1.82, 2.24) is 9.80 Å². The lowest BCUT2D eigenvalue weighted by atomic mass is 9.94. The van der Waals surface area contributed by atoms with Gasteiger partial charge in [0.05, 0.1) is 35.9 Å². The Hall–Kier alpha value is -3.76. The van der Waals surface area contributed by atoms with E-state index in [0.29, 0.717) is 36.6 Å². The lowest BCUT2D eigenvalue weighted by Crippen LogP contribution is -2.42. The average Bonchev–Trinajstić information content (AvgIpc) is 3.13. The fraction of sp³-hybridized carbons (Fsp3) is 0.407. The summed E-state index contributed by atoms with van der Waals surface area (Å²) in [5.41, 5.74) is 1.51. The molecular weight excluding hydrogens is 478 g/mol. The van der Waals surface area contributed by atoms with Crippen LogP contribution < -0.4 is 4.74 Å². The van der Waals surface area contributed by atoms with Gasteiger partial charge >= 0.3 is 0 Å². The van der Waals surface area contributed by atoms with Crippen molar-refractivity contribution < 1.29 is 29.1 Å². The molecule has 2 aromatic carbocycles. The molecule has 2 aliphatic rings. The number of hydrogen-bond acceptors (Lipinski definition) is 8. The number of nitro groups is 1. The number of Topliss-reactive ketones (excluding diaryl/α,β-unsaturated/α-hetero) is 1. The van der Waals surface area contributed by atoms with Crippen molar-refractivity contribution in [1.29, 1.82) is 0 Å². The number of ketones is 1. The molecule has 10 heteroatoms. The summed E-state index contributed by atoms with van der Waals surface area (Å²) in [7, 11) is 0. The lowest BCUT2D eigenvalue weighted by Gasteiger charge is -2.31. The van der Waals surface area contributed by atoms with Gasteiger partial charge in [-0.25, -0.2) is 0 Å². The quantitative estimate of drug-likeness (QED) is 0.189. The highest BCUT2D eigenvalue weighted by atomic mass is 16.6.